The first-order chi connectivity index (χ1) is 6.70. The number of carbonyl (C=O) groups excluding carboxylic acids is 1. The van der Waals surface area contributed by atoms with Crippen molar-refractivity contribution in [2.75, 3.05) is 14.1 Å². The van der Waals surface area contributed by atoms with Crippen LogP contribution >= 0.6 is 0 Å². The molecule has 0 bridgehead atoms. The summed E-state index contributed by atoms with van der Waals surface area (Å²) in [5, 5.41) is 3.72. The zero-order valence-electron chi connectivity index (χ0n) is 8.14. The van der Waals surface area contributed by atoms with E-state index in [0.717, 1.165) is 0 Å². The van der Waals surface area contributed by atoms with E-state index in [9.17, 15) is 4.79 Å². The van der Waals surface area contributed by atoms with Gasteiger partial charge in [-0.3, -0.25) is 9.78 Å². The molecule has 1 amide bonds. The molecule has 1 aromatic heterocycles. The third kappa shape index (κ3) is 3.22. The van der Waals surface area contributed by atoms with Crippen molar-refractivity contribution < 1.29 is 4.79 Å². The molecule has 0 spiro atoms. The molecule has 1 heterocycles. The van der Waals surface area contributed by atoms with Gasteiger partial charge in [-0.1, -0.05) is 0 Å². The van der Waals surface area contributed by atoms with Crippen LogP contribution in [0.2, 0.25) is 0 Å². The van der Waals surface area contributed by atoms with Crippen molar-refractivity contribution in [2.24, 2.45) is 5.10 Å². The number of hydrogen-bond donors (Lipinski definition) is 1. The Morgan fingerprint density at radius 3 is 3.00 bits per heavy atom. The molecule has 5 heteroatoms. The van der Waals surface area contributed by atoms with Gasteiger partial charge in [0, 0.05) is 26.5 Å². The number of pyridine rings is 1. The third-order valence-corrected chi connectivity index (χ3v) is 1.38. The normalized spacial score (nSPS) is 10.1. The first-order valence-corrected chi connectivity index (χ1v) is 4.10. The van der Waals surface area contributed by atoms with E-state index in [2.05, 4.69) is 15.5 Å². The monoisotopic (exact) mass is 192 g/mol. The fourth-order valence-electron chi connectivity index (χ4n) is 0.765. The highest BCUT2D eigenvalue weighted by molar-refractivity contribution is 5.93. The predicted molar refractivity (Wildman–Crippen MR) is 53.9 cm³/mol. The van der Waals surface area contributed by atoms with E-state index in [4.69, 9.17) is 0 Å². The highest BCUT2D eigenvalue weighted by Crippen LogP contribution is 1.94. The van der Waals surface area contributed by atoms with Gasteiger partial charge in [0.15, 0.2) is 0 Å². The minimum absolute atomic E-state index is 0.267. The van der Waals surface area contributed by atoms with E-state index in [-0.39, 0.29) is 5.91 Å². The summed E-state index contributed by atoms with van der Waals surface area (Å²) in [5.41, 5.74) is 2.87. The molecule has 1 aromatic rings. The summed E-state index contributed by atoms with van der Waals surface area (Å²) in [6.07, 6.45) is 4.61. The van der Waals surface area contributed by atoms with Gasteiger partial charge in [-0.05, 0) is 12.1 Å². The van der Waals surface area contributed by atoms with Crippen molar-refractivity contribution >= 4 is 12.2 Å². The second-order valence-corrected chi connectivity index (χ2v) is 2.89. The zero-order chi connectivity index (χ0) is 10.4. The lowest BCUT2D eigenvalue weighted by Crippen LogP contribution is -2.20. The van der Waals surface area contributed by atoms with Crippen molar-refractivity contribution in [3.63, 3.8) is 0 Å². The van der Waals surface area contributed by atoms with Gasteiger partial charge < -0.3 is 4.90 Å². The molecule has 0 aliphatic carbocycles. The van der Waals surface area contributed by atoms with Gasteiger partial charge in [0.1, 0.15) is 6.34 Å². The number of hydrogen-bond acceptors (Lipinski definition) is 3. The number of nitrogens with one attached hydrogen (secondary N) is 1. The second kappa shape index (κ2) is 4.96. The van der Waals surface area contributed by atoms with Crippen LogP contribution in [-0.4, -0.2) is 36.2 Å². The summed E-state index contributed by atoms with van der Waals surface area (Å²) in [6, 6.07) is 3.37. The molecule has 0 saturated heterocycles. The minimum atomic E-state index is -0.267. The quantitative estimate of drug-likeness (QED) is 0.426. The van der Waals surface area contributed by atoms with Crippen molar-refractivity contribution in [3.05, 3.63) is 30.1 Å². The molecule has 0 aliphatic rings. The first kappa shape index (κ1) is 10.2. The lowest BCUT2D eigenvalue weighted by atomic mass is 10.3. The Kier molecular flexibility index (Phi) is 3.60. The Labute approximate surface area is 82.4 Å². The van der Waals surface area contributed by atoms with Crippen LogP contribution in [0.1, 0.15) is 10.4 Å². The van der Waals surface area contributed by atoms with Crippen LogP contribution in [0.4, 0.5) is 0 Å². The zero-order valence-corrected chi connectivity index (χ0v) is 8.14. The van der Waals surface area contributed by atoms with Crippen LogP contribution in [0.15, 0.2) is 29.6 Å². The van der Waals surface area contributed by atoms with Crippen LogP contribution in [-0.2, 0) is 0 Å². The number of hydrazone groups is 1. The third-order valence-electron chi connectivity index (χ3n) is 1.38. The van der Waals surface area contributed by atoms with E-state index in [1.165, 1.54) is 12.5 Å². The summed E-state index contributed by atoms with van der Waals surface area (Å²) in [4.78, 5) is 16.9. The lowest BCUT2D eigenvalue weighted by molar-refractivity contribution is 0.0954. The standard InChI is InChI=1S/C9H12N4O/c1-13(2)7-11-12-9(14)8-4-3-5-10-6-8/h3-7H,1-2H3,(H,12,14). The SMILES string of the molecule is CN(C)C=NNC(=O)c1cccnc1. The van der Waals surface area contributed by atoms with Crippen LogP contribution < -0.4 is 5.43 Å². The molecule has 0 saturated carbocycles. The molecule has 14 heavy (non-hydrogen) atoms. The largest absolute Gasteiger partial charge is 0.367 e. The molecule has 1 N–H and O–H groups in total. The summed E-state index contributed by atoms with van der Waals surface area (Å²) in [6.45, 7) is 0. The molecule has 1 rings (SSSR count). The highest BCUT2D eigenvalue weighted by atomic mass is 16.2. The van der Waals surface area contributed by atoms with Crippen molar-refractivity contribution in [2.45, 2.75) is 0 Å². The number of rotatable bonds is 3. The number of amides is 1. The number of carbonyl (C=O) groups is 1. The van der Waals surface area contributed by atoms with Gasteiger partial charge >= 0.3 is 0 Å². The van der Waals surface area contributed by atoms with Crippen molar-refractivity contribution in [1.82, 2.24) is 15.3 Å². The van der Waals surface area contributed by atoms with Gasteiger partial charge in [-0.15, -0.1) is 0 Å². The summed E-state index contributed by atoms with van der Waals surface area (Å²) in [7, 11) is 3.64. The maximum atomic E-state index is 11.3. The molecular weight excluding hydrogens is 180 g/mol. The van der Waals surface area contributed by atoms with Crippen LogP contribution in [0, 0.1) is 0 Å². The summed E-state index contributed by atoms with van der Waals surface area (Å²) < 4.78 is 0. The molecule has 5 nitrogen and oxygen atoms in total. The van der Waals surface area contributed by atoms with Crippen LogP contribution in [0.25, 0.3) is 0 Å². The predicted octanol–water partition coefficient (Wildman–Crippen LogP) is 0.316. The Balaban J connectivity index is 2.52. The average Bonchev–Trinajstić information content (AvgIpc) is 2.18. The van der Waals surface area contributed by atoms with Crippen LogP contribution in [0.5, 0.6) is 0 Å². The van der Waals surface area contributed by atoms with E-state index >= 15 is 0 Å². The molecule has 0 radical (unpaired) electrons. The molecule has 0 aliphatic heterocycles. The maximum Gasteiger partial charge on any atom is 0.272 e. The van der Waals surface area contributed by atoms with E-state index in [1.54, 1.807) is 23.2 Å². The molecule has 0 unspecified atom stereocenters. The van der Waals surface area contributed by atoms with E-state index < -0.39 is 0 Å². The summed E-state index contributed by atoms with van der Waals surface area (Å²) in [5.74, 6) is -0.267. The smallest absolute Gasteiger partial charge is 0.272 e. The number of aromatic nitrogens is 1. The topological polar surface area (TPSA) is 57.6 Å². The molecule has 0 aromatic carbocycles. The minimum Gasteiger partial charge on any atom is -0.367 e. The Morgan fingerprint density at radius 1 is 1.64 bits per heavy atom. The number of nitrogens with zero attached hydrogens (tertiary/aromatic N) is 3. The van der Waals surface area contributed by atoms with Crippen molar-refractivity contribution in [3.8, 4) is 0 Å². The van der Waals surface area contributed by atoms with Gasteiger partial charge in [-0.25, -0.2) is 5.43 Å². The van der Waals surface area contributed by atoms with Gasteiger partial charge in [0.25, 0.3) is 5.91 Å². The average molecular weight is 192 g/mol. The van der Waals surface area contributed by atoms with E-state index in [1.807, 2.05) is 14.1 Å². The molecule has 0 atom stereocenters. The fourth-order valence-corrected chi connectivity index (χ4v) is 0.765. The lowest BCUT2D eigenvalue weighted by Gasteiger charge is -2.02. The Morgan fingerprint density at radius 2 is 2.43 bits per heavy atom. The second-order valence-electron chi connectivity index (χ2n) is 2.89. The highest BCUT2D eigenvalue weighted by Gasteiger charge is 2.01. The first-order valence-electron chi connectivity index (χ1n) is 4.10. The van der Waals surface area contributed by atoms with Gasteiger partial charge in [0.05, 0.1) is 5.56 Å². The van der Waals surface area contributed by atoms with Gasteiger partial charge in [0.2, 0.25) is 0 Å². The summed E-state index contributed by atoms with van der Waals surface area (Å²) >= 11 is 0. The fraction of sp³-hybridized carbons (Fsp3) is 0.222. The van der Waals surface area contributed by atoms with Crippen molar-refractivity contribution in [1.29, 1.82) is 0 Å². The van der Waals surface area contributed by atoms with E-state index in [0.29, 0.717) is 5.56 Å². The van der Waals surface area contributed by atoms with Gasteiger partial charge in [-0.2, -0.15) is 5.10 Å². The van der Waals surface area contributed by atoms with Crippen LogP contribution in [0.3, 0.4) is 0 Å². The maximum absolute atomic E-state index is 11.3. The molecular formula is C9H12N4O. The Bertz CT molecular complexity index is 321. The molecule has 74 valence electrons. The molecule has 0 fully saturated rings. The Hall–Kier alpha value is -1.91.